The van der Waals surface area contributed by atoms with Crippen LogP contribution in [0.1, 0.15) is 5.56 Å². The van der Waals surface area contributed by atoms with Crippen molar-refractivity contribution in [2.75, 3.05) is 13.7 Å². The molecule has 0 radical (unpaired) electrons. The number of hydrogen-bond acceptors (Lipinski definition) is 2. The first-order chi connectivity index (χ1) is 8.84. The number of hydrogen-bond donors (Lipinski definition) is 0. The van der Waals surface area contributed by atoms with Gasteiger partial charge in [0.05, 0.1) is 6.67 Å². The van der Waals surface area contributed by atoms with Gasteiger partial charge in [-0.15, -0.1) is 0 Å². The van der Waals surface area contributed by atoms with Gasteiger partial charge in [0.2, 0.25) is 0 Å². The molecule has 7 heteroatoms. The van der Waals surface area contributed by atoms with E-state index in [2.05, 4.69) is 53.7 Å². The first-order valence-electron chi connectivity index (χ1n) is 5.59. The quantitative estimate of drug-likeness (QED) is 0.599. The molecule has 0 bridgehead atoms. The summed E-state index contributed by atoms with van der Waals surface area (Å²) >= 11 is 0. The van der Waals surface area contributed by atoms with E-state index < -0.39 is 7.25 Å². The van der Waals surface area contributed by atoms with Crippen molar-refractivity contribution in [2.24, 2.45) is 0 Å². The normalized spacial score (nSPS) is 14.8. The van der Waals surface area contributed by atoms with Crippen molar-refractivity contribution < 1.29 is 17.3 Å². The van der Waals surface area contributed by atoms with Gasteiger partial charge in [-0.05, 0) is 11.6 Å². The van der Waals surface area contributed by atoms with Crippen LogP contribution in [0.3, 0.4) is 0 Å². The fourth-order valence-corrected chi connectivity index (χ4v) is 1.39. The third kappa shape index (κ3) is 7.91. The zero-order valence-corrected chi connectivity index (χ0v) is 10.4. The van der Waals surface area contributed by atoms with E-state index in [1.54, 1.807) is 0 Å². The maximum atomic E-state index is 9.75. The van der Waals surface area contributed by atoms with Crippen molar-refractivity contribution in [3.63, 3.8) is 0 Å². The molecule has 0 aromatic heterocycles. The molecule has 104 valence electrons. The van der Waals surface area contributed by atoms with Crippen LogP contribution in [0.2, 0.25) is 0 Å². The lowest BCUT2D eigenvalue weighted by molar-refractivity contribution is 0.365. The number of benzene rings is 1. The zero-order valence-electron chi connectivity index (χ0n) is 10.4. The summed E-state index contributed by atoms with van der Waals surface area (Å²) in [6, 6.07) is 10.3. The van der Waals surface area contributed by atoms with E-state index in [4.69, 9.17) is 0 Å². The summed E-state index contributed by atoms with van der Waals surface area (Å²) in [4.78, 5) is 4.28. The van der Waals surface area contributed by atoms with Crippen molar-refractivity contribution in [2.45, 2.75) is 0 Å². The third-order valence-electron chi connectivity index (χ3n) is 2.16. The van der Waals surface area contributed by atoms with Crippen molar-refractivity contribution >= 4 is 13.3 Å². The van der Waals surface area contributed by atoms with Gasteiger partial charge in [-0.1, -0.05) is 30.3 Å². The van der Waals surface area contributed by atoms with Crippen LogP contribution in [0.25, 0.3) is 6.08 Å². The van der Waals surface area contributed by atoms with Gasteiger partial charge in [0.1, 0.15) is 0 Å². The molecule has 19 heavy (non-hydrogen) atoms. The summed E-state index contributed by atoms with van der Waals surface area (Å²) < 4.78 is 39.0. The second kappa shape index (κ2) is 6.87. The highest BCUT2D eigenvalue weighted by Gasteiger charge is 2.20. The molecule has 0 fully saturated rings. The average Bonchev–Trinajstić information content (AvgIpc) is 2.72. The predicted molar refractivity (Wildman–Crippen MR) is 69.3 cm³/mol. The Kier molecular flexibility index (Phi) is 5.47. The highest BCUT2D eigenvalue weighted by atomic mass is 19.5. The second-order valence-electron chi connectivity index (χ2n) is 3.93. The van der Waals surface area contributed by atoms with Gasteiger partial charge in [-0.3, -0.25) is 0 Å². The molecule has 1 aromatic carbocycles. The molecule has 0 atom stereocenters. The number of halogens is 4. The van der Waals surface area contributed by atoms with E-state index in [1.807, 2.05) is 18.2 Å². The van der Waals surface area contributed by atoms with Crippen molar-refractivity contribution in [3.05, 3.63) is 54.5 Å². The maximum Gasteiger partial charge on any atom is 0.673 e. The fraction of sp³-hybridized carbons (Fsp3) is 0.167. The van der Waals surface area contributed by atoms with Crippen LogP contribution in [-0.4, -0.2) is 30.8 Å². The smallest absolute Gasteiger partial charge is 0.418 e. The van der Waals surface area contributed by atoms with Gasteiger partial charge in [-0.2, -0.15) is 0 Å². The molecule has 2 rings (SSSR count). The van der Waals surface area contributed by atoms with Crippen molar-refractivity contribution in [3.8, 4) is 0 Å². The maximum absolute atomic E-state index is 9.75. The van der Waals surface area contributed by atoms with Crippen molar-refractivity contribution in [1.29, 1.82) is 0 Å². The van der Waals surface area contributed by atoms with E-state index in [-0.39, 0.29) is 0 Å². The summed E-state index contributed by atoms with van der Waals surface area (Å²) in [5.74, 6) is 0. The minimum absolute atomic E-state index is 0.934. The van der Waals surface area contributed by atoms with Crippen LogP contribution in [0.5, 0.6) is 0 Å². The van der Waals surface area contributed by atoms with Crippen LogP contribution in [-0.2, 0) is 0 Å². The molecular weight excluding hydrogens is 259 g/mol. The predicted octanol–water partition coefficient (Wildman–Crippen LogP) is 3.63. The molecule has 1 aromatic rings. The minimum atomic E-state index is -6.00. The summed E-state index contributed by atoms with van der Waals surface area (Å²) in [6.45, 7) is 0.934. The lowest BCUT2D eigenvalue weighted by Crippen LogP contribution is -2.17. The van der Waals surface area contributed by atoms with E-state index in [9.17, 15) is 17.3 Å². The first-order valence-corrected chi connectivity index (χ1v) is 5.59. The molecule has 0 spiro atoms. The van der Waals surface area contributed by atoms with Crippen LogP contribution >= 0.6 is 0 Å². The molecule has 0 saturated carbocycles. The van der Waals surface area contributed by atoms with Gasteiger partial charge in [0.15, 0.2) is 0 Å². The Labute approximate surface area is 109 Å². The molecule has 1 aliphatic heterocycles. The van der Waals surface area contributed by atoms with Crippen LogP contribution in [0, 0.1) is 0 Å². The lowest BCUT2D eigenvalue weighted by Gasteiger charge is -2.12. The molecule has 2 nitrogen and oxygen atoms in total. The summed E-state index contributed by atoms with van der Waals surface area (Å²) in [5, 5.41) is 0. The Morgan fingerprint density at radius 1 is 1.05 bits per heavy atom. The zero-order chi connectivity index (χ0) is 14.3. The highest BCUT2D eigenvalue weighted by Crippen LogP contribution is 2.07. The molecule has 0 saturated heterocycles. The number of nitrogens with zero attached hydrogens (tertiary/aromatic N) is 2. The minimum Gasteiger partial charge on any atom is -0.418 e. The molecule has 1 heterocycles. The van der Waals surface area contributed by atoms with Gasteiger partial charge in [-0.25, -0.2) is 0 Å². The summed E-state index contributed by atoms with van der Waals surface area (Å²) in [6.07, 6.45) is 8.34. The van der Waals surface area contributed by atoms with Gasteiger partial charge >= 0.3 is 7.25 Å². The molecule has 0 unspecified atom stereocenters. The fourth-order valence-electron chi connectivity index (χ4n) is 1.39. The summed E-state index contributed by atoms with van der Waals surface area (Å²) in [5.41, 5.74) is 1.23. The van der Waals surface area contributed by atoms with E-state index in [0.29, 0.717) is 0 Å². The van der Waals surface area contributed by atoms with E-state index >= 15 is 0 Å². The Morgan fingerprint density at radius 3 is 2.11 bits per heavy atom. The van der Waals surface area contributed by atoms with E-state index in [0.717, 1.165) is 6.67 Å². The van der Waals surface area contributed by atoms with E-state index in [1.165, 1.54) is 5.56 Å². The van der Waals surface area contributed by atoms with Gasteiger partial charge in [0, 0.05) is 25.6 Å². The topological polar surface area (TPSA) is 6.48 Å². The summed E-state index contributed by atoms with van der Waals surface area (Å²) in [7, 11) is -3.94. The SMILES string of the molecule is CN1C=CN(C=Cc2ccccc2)C1.F[B-](F)(F)F. The third-order valence-corrected chi connectivity index (χ3v) is 2.16. The molecular formula is C12H14BF4N2-. The molecule has 0 N–H and O–H groups in total. The number of rotatable bonds is 2. The first kappa shape index (κ1) is 15.1. The average molecular weight is 273 g/mol. The van der Waals surface area contributed by atoms with Crippen molar-refractivity contribution in [1.82, 2.24) is 9.80 Å². The van der Waals surface area contributed by atoms with Crippen LogP contribution < -0.4 is 0 Å². The lowest BCUT2D eigenvalue weighted by atomic mass is 10.2. The Bertz CT molecular complexity index is 425. The standard InChI is InChI=1S/C12H14N2.BF4/c1-13-9-10-14(11-13)8-7-12-5-3-2-4-6-12;2-1(3,4)5/h2-10H,11H2,1H3;/q;-1. The highest BCUT2D eigenvalue weighted by molar-refractivity contribution is 6.50. The largest absolute Gasteiger partial charge is 0.673 e. The molecule has 0 amide bonds. The Hall–Kier alpha value is -1.92. The molecule has 0 aliphatic carbocycles. The van der Waals surface area contributed by atoms with Gasteiger partial charge in [0.25, 0.3) is 0 Å². The van der Waals surface area contributed by atoms with Gasteiger partial charge < -0.3 is 27.1 Å². The van der Waals surface area contributed by atoms with Crippen LogP contribution in [0.15, 0.2) is 48.9 Å². The Morgan fingerprint density at radius 2 is 1.63 bits per heavy atom. The Balaban J connectivity index is 0.000000312. The second-order valence-corrected chi connectivity index (χ2v) is 3.93. The van der Waals surface area contributed by atoms with Crippen LogP contribution in [0.4, 0.5) is 17.3 Å². The monoisotopic (exact) mass is 273 g/mol. The molecule has 1 aliphatic rings.